The van der Waals surface area contributed by atoms with Gasteiger partial charge in [-0.05, 0) is 96.3 Å². The van der Waals surface area contributed by atoms with Gasteiger partial charge in [-0.25, -0.2) is 0 Å². The number of ether oxygens (including phenoxy) is 2. The van der Waals surface area contributed by atoms with Gasteiger partial charge in [0.1, 0.15) is 19.3 Å². The summed E-state index contributed by atoms with van der Waals surface area (Å²) in [5.41, 5.74) is 0. The van der Waals surface area contributed by atoms with E-state index in [4.69, 9.17) is 18.5 Å². The largest absolute Gasteiger partial charge is 0.756 e. The van der Waals surface area contributed by atoms with Crippen LogP contribution < -0.4 is 4.89 Å². The van der Waals surface area contributed by atoms with Crippen LogP contribution in [0.5, 0.6) is 0 Å². The molecule has 0 radical (unpaired) electrons. The fourth-order valence-electron chi connectivity index (χ4n) is 8.05. The van der Waals surface area contributed by atoms with E-state index >= 15 is 0 Å². The molecule has 422 valence electrons. The molecule has 0 bridgehead atoms. The third-order valence-corrected chi connectivity index (χ3v) is 13.6. The van der Waals surface area contributed by atoms with E-state index in [1.54, 1.807) is 0 Å². The molecule has 0 aromatic heterocycles. The molecule has 9 heteroatoms. The molecule has 8 nitrogen and oxygen atoms in total. The van der Waals surface area contributed by atoms with Crippen LogP contribution in [0.4, 0.5) is 0 Å². The molecular weight excluding hydrogens is 926 g/mol. The van der Waals surface area contributed by atoms with Gasteiger partial charge in [0.05, 0.1) is 34.4 Å². The van der Waals surface area contributed by atoms with Crippen LogP contribution in [0.15, 0.2) is 97.2 Å². The number of carbonyl (C=O) groups excluding carboxylic acids is 1. The van der Waals surface area contributed by atoms with Crippen LogP contribution in [0.2, 0.25) is 0 Å². The average molecular weight is 1040 g/mol. The highest BCUT2D eigenvalue weighted by atomic mass is 31.2. The Morgan fingerprint density at radius 1 is 0.438 bits per heavy atom. The molecule has 0 aliphatic rings. The second-order valence-electron chi connectivity index (χ2n) is 21.0. The van der Waals surface area contributed by atoms with Crippen LogP contribution in [0.25, 0.3) is 0 Å². The lowest BCUT2D eigenvalue weighted by molar-refractivity contribution is -0.870. The minimum Gasteiger partial charge on any atom is -0.756 e. The first kappa shape index (κ1) is 70.4. The van der Waals surface area contributed by atoms with E-state index in [1.807, 2.05) is 21.1 Å². The molecule has 0 saturated heterocycles. The number of phosphoric ester groups is 1. The van der Waals surface area contributed by atoms with Gasteiger partial charge in [0, 0.05) is 13.0 Å². The van der Waals surface area contributed by atoms with E-state index in [0.29, 0.717) is 24.1 Å². The summed E-state index contributed by atoms with van der Waals surface area (Å²) >= 11 is 0. The molecule has 0 aliphatic heterocycles. The Balaban J connectivity index is 4.11. The average Bonchev–Trinajstić information content (AvgIpc) is 3.35. The molecule has 73 heavy (non-hydrogen) atoms. The summed E-state index contributed by atoms with van der Waals surface area (Å²) in [5.74, 6) is -0.349. The van der Waals surface area contributed by atoms with Crippen LogP contribution >= 0.6 is 7.82 Å². The molecule has 0 N–H and O–H groups in total. The zero-order chi connectivity index (χ0) is 53.3. The van der Waals surface area contributed by atoms with Crippen LogP contribution in [0, 0.1) is 0 Å². The minimum atomic E-state index is -4.55. The van der Waals surface area contributed by atoms with Crippen molar-refractivity contribution in [3.8, 4) is 0 Å². The zero-order valence-electron chi connectivity index (χ0n) is 48.1. The van der Waals surface area contributed by atoms with E-state index in [0.717, 1.165) is 89.9 Å². The lowest BCUT2D eigenvalue weighted by Crippen LogP contribution is -2.37. The summed E-state index contributed by atoms with van der Waals surface area (Å²) in [6.45, 7) is 5.28. The summed E-state index contributed by atoms with van der Waals surface area (Å²) < 4.78 is 34.9. The highest BCUT2D eigenvalue weighted by Gasteiger charge is 2.20. The number of unbranched alkanes of at least 4 members (excludes halogenated alkanes) is 25. The lowest BCUT2D eigenvalue weighted by Gasteiger charge is -2.28. The van der Waals surface area contributed by atoms with Gasteiger partial charge in [0.15, 0.2) is 0 Å². The second-order valence-corrected chi connectivity index (χ2v) is 22.4. The molecule has 0 saturated carbocycles. The number of esters is 1. The topological polar surface area (TPSA) is 94.1 Å². The standard InChI is InChI=1S/C64H114NO7P/c1-6-8-10-12-14-16-18-20-22-24-26-28-30-32-34-36-38-40-42-44-46-48-50-52-54-56-59-69-61-63(62-71-73(67,68)70-60-58-65(3,4)5)72-64(66)57-55-53-51-49-47-45-43-41-39-37-35-33-31-29-27-25-23-21-19-17-15-13-11-9-7-2/h9,11,15,17-18,20-21,23-24,26-27,29,33,35,39,41,63H,6-8,10,12-14,16,19,22,25,28,30-32,34,36-38,40,42-62H2,1-5H3/b11-9-,17-15-,20-18-,23-21-,26-24-,29-27-,35-33-,41-39-. The second kappa shape index (κ2) is 55.6. The number of carbonyl (C=O) groups is 1. The van der Waals surface area contributed by atoms with Crippen molar-refractivity contribution < 1.29 is 37.3 Å². The number of rotatable bonds is 55. The maximum Gasteiger partial charge on any atom is 0.306 e. The molecule has 0 fully saturated rings. The summed E-state index contributed by atoms with van der Waals surface area (Å²) in [4.78, 5) is 25.3. The van der Waals surface area contributed by atoms with Crippen molar-refractivity contribution in [2.24, 2.45) is 0 Å². The lowest BCUT2D eigenvalue weighted by atomic mass is 10.0. The Morgan fingerprint density at radius 3 is 1.19 bits per heavy atom. The minimum absolute atomic E-state index is 0.0184. The van der Waals surface area contributed by atoms with Gasteiger partial charge in [0.2, 0.25) is 0 Å². The maximum absolute atomic E-state index is 12.8. The van der Waals surface area contributed by atoms with E-state index in [2.05, 4.69) is 111 Å². The van der Waals surface area contributed by atoms with Gasteiger partial charge >= 0.3 is 5.97 Å². The summed E-state index contributed by atoms with van der Waals surface area (Å²) in [7, 11) is 1.34. The molecule has 2 atom stereocenters. The molecule has 0 aliphatic carbocycles. The summed E-state index contributed by atoms with van der Waals surface area (Å²) in [6, 6.07) is 0. The monoisotopic (exact) mass is 1040 g/mol. The maximum atomic E-state index is 12.8. The molecule has 2 unspecified atom stereocenters. The van der Waals surface area contributed by atoms with Crippen molar-refractivity contribution in [2.75, 3.05) is 54.1 Å². The van der Waals surface area contributed by atoms with Crippen molar-refractivity contribution in [3.63, 3.8) is 0 Å². The van der Waals surface area contributed by atoms with Crippen molar-refractivity contribution >= 4 is 13.8 Å². The fraction of sp³-hybridized carbons (Fsp3) is 0.734. The van der Waals surface area contributed by atoms with Crippen molar-refractivity contribution in [2.45, 2.75) is 251 Å². The van der Waals surface area contributed by atoms with Crippen LogP contribution in [-0.2, 0) is 27.9 Å². The Kier molecular flexibility index (Phi) is 53.7. The zero-order valence-corrected chi connectivity index (χ0v) is 49.0. The van der Waals surface area contributed by atoms with Gasteiger partial charge in [-0.15, -0.1) is 0 Å². The van der Waals surface area contributed by atoms with E-state index < -0.39 is 13.9 Å². The Morgan fingerprint density at radius 2 is 0.795 bits per heavy atom. The number of nitrogens with zero attached hydrogens (tertiary/aromatic N) is 1. The predicted octanol–water partition coefficient (Wildman–Crippen LogP) is 18.7. The number of phosphoric acid groups is 1. The van der Waals surface area contributed by atoms with Gasteiger partial charge in [0.25, 0.3) is 7.82 Å². The van der Waals surface area contributed by atoms with Crippen LogP contribution in [0.3, 0.4) is 0 Å². The molecule has 0 amide bonds. The molecule has 0 spiro atoms. The first-order valence-corrected chi connectivity index (χ1v) is 31.4. The Hall–Kier alpha value is -2.58. The van der Waals surface area contributed by atoms with Crippen LogP contribution in [-0.4, -0.2) is 70.7 Å². The number of hydrogen-bond acceptors (Lipinski definition) is 7. The number of allylic oxidation sites excluding steroid dienone is 16. The van der Waals surface area contributed by atoms with E-state index in [9.17, 15) is 14.3 Å². The van der Waals surface area contributed by atoms with E-state index in [-0.39, 0.29) is 25.8 Å². The van der Waals surface area contributed by atoms with Crippen LogP contribution in [0.1, 0.15) is 245 Å². The summed E-state index contributed by atoms with van der Waals surface area (Å²) in [5, 5.41) is 0. The fourth-order valence-corrected chi connectivity index (χ4v) is 8.78. The number of likely N-dealkylation sites (N-methyl/N-ethyl adjacent to an activating group) is 1. The molecule has 0 aromatic carbocycles. The predicted molar refractivity (Wildman–Crippen MR) is 314 cm³/mol. The molecule has 0 rings (SSSR count). The number of quaternary nitrogens is 1. The SMILES string of the molecule is CC/C=C\C/C=C\C/C=C\C/C=C\C/C=C\C/C=C\CCCCCCCCC(=O)OC(COCCCCCCCCCCCCCCCC/C=C\C/C=C\CCCCCCC)COP(=O)([O-])OCC[N+](C)(C)C. The van der Waals surface area contributed by atoms with Gasteiger partial charge in [-0.2, -0.15) is 0 Å². The van der Waals surface area contributed by atoms with Crippen molar-refractivity contribution in [1.82, 2.24) is 0 Å². The highest BCUT2D eigenvalue weighted by molar-refractivity contribution is 7.45. The molecular formula is C64H114NO7P. The van der Waals surface area contributed by atoms with E-state index in [1.165, 1.54) is 135 Å². The van der Waals surface area contributed by atoms with Crippen molar-refractivity contribution in [1.29, 1.82) is 0 Å². The van der Waals surface area contributed by atoms with Crippen molar-refractivity contribution in [3.05, 3.63) is 97.2 Å². The third kappa shape index (κ3) is 60.2. The smallest absolute Gasteiger partial charge is 0.306 e. The third-order valence-electron chi connectivity index (χ3n) is 12.6. The first-order valence-electron chi connectivity index (χ1n) is 30.0. The van der Waals surface area contributed by atoms with Gasteiger partial charge in [-0.1, -0.05) is 239 Å². The molecule has 0 heterocycles. The Labute approximate surface area is 451 Å². The normalized spacial score (nSPS) is 14.1. The Bertz CT molecular complexity index is 1490. The highest BCUT2D eigenvalue weighted by Crippen LogP contribution is 2.38. The number of hydrogen-bond donors (Lipinski definition) is 0. The quantitative estimate of drug-likeness (QED) is 0.0197. The molecule has 0 aromatic rings. The first-order chi connectivity index (χ1) is 35.6. The van der Waals surface area contributed by atoms with Gasteiger partial charge < -0.3 is 27.9 Å². The summed E-state index contributed by atoms with van der Waals surface area (Å²) in [6.07, 6.45) is 77.4. The van der Waals surface area contributed by atoms with Gasteiger partial charge in [-0.3, -0.25) is 9.36 Å².